The number of hydrogen-bond donors (Lipinski definition) is 6. The number of benzene rings is 1. The fourth-order valence-corrected chi connectivity index (χ4v) is 13.9. The third-order valence-electron chi connectivity index (χ3n) is 19.6. The second-order valence-electron chi connectivity index (χ2n) is 31.3. The molecule has 0 aliphatic carbocycles. The third-order valence-corrected chi connectivity index (χ3v) is 19.6. The smallest absolute Gasteiger partial charge is 0.311 e. The summed E-state index contributed by atoms with van der Waals surface area (Å²) in [5, 5.41) is 16.2. The Morgan fingerprint density at radius 1 is 0.311 bits per heavy atom. The predicted molar refractivity (Wildman–Crippen MR) is 438 cm³/mol. The molecular formula is C85H125F5N6O36. The van der Waals surface area contributed by atoms with Gasteiger partial charge in [-0.1, -0.05) is 44.9 Å². The molecule has 1 aromatic carbocycles. The van der Waals surface area contributed by atoms with Crippen molar-refractivity contribution in [2.75, 3.05) is 92.4 Å². The second-order valence-corrected chi connectivity index (χ2v) is 31.3. The lowest BCUT2D eigenvalue weighted by atomic mass is 9.96. The quantitative estimate of drug-likeness (QED) is 0.0103. The van der Waals surface area contributed by atoms with E-state index in [2.05, 4.69) is 36.6 Å². The normalized spacial score (nSPS) is 21.9. The van der Waals surface area contributed by atoms with Gasteiger partial charge in [-0.2, -0.15) is 8.78 Å². The Morgan fingerprint density at radius 3 is 0.939 bits per heavy atom. The summed E-state index contributed by atoms with van der Waals surface area (Å²) in [6.07, 6.45) is -11.2. The topological polar surface area (TPSA) is 538 Å². The van der Waals surface area contributed by atoms with Crippen molar-refractivity contribution in [3.63, 3.8) is 0 Å². The van der Waals surface area contributed by atoms with Gasteiger partial charge >= 0.3 is 59.7 Å². The minimum atomic E-state index is -2.51. The van der Waals surface area contributed by atoms with E-state index in [4.69, 9.17) is 85.3 Å². The summed E-state index contributed by atoms with van der Waals surface area (Å²) in [5.41, 5.74) is -1.75. The van der Waals surface area contributed by atoms with E-state index in [1.165, 1.54) is 20.8 Å². The van der Waals surface area contributed by atoms with Crippen LogP contribution in [0.15, 0.2) is 0 Å². The Kier molecular flexibility index (Phi) is 52.5. The summed E-state index contributed by atoms with van der Waals surface area (Å²) in [6.45, 7) is 10.5. The van der Waals surface area contributed by atoms with E-state index >= 15 is 0 Å². The van der Waals surface area contributed by atoms with Crippen LogP contribution >= 0.6 is 0 Å². The molecule has 132 heavy (non-hydrogen) atoms. The molecule has 0 bridgehead atoms. The van der Waals surface area contributed by atoms with E-state index in [9.17, 15) is 103 Å². The standard InChI is InChI=1S/C85H125F5N6O36/c1-47(97)93-72-79(126-56(10)106)75(123-53(7)103)60(41-120-50(4)100)129-82(72)117-35-23-17-13-14-20-27-59(109)30-38-114-44-85(96-65(112)28-26-29-66(113)132-78-70(89)68(87)67(86)69(88)71(78)90,45-115-39-31-63(110)91-33-21-15-18-24-36-118-83-73(94-48(2)98)80(127-57(11)107)76(124-54(8)104)61(130-83)42-121-51(5)101)46-116-40-32-64(111)92-34-22-16-19-25-37-119-84-74(95-49(3)99)81(128-58(12)108)77(125-55(9)105)62(131-84)43-122-52(6)102/h60-62,72-77,79-84H,13-46H2,1-12H3,(H,91,110)(H,92,111)(H,93,97)(H,94,98)(H,95,99)(H,96,112)/t60?,61?,62?,72?,73?,74?,75-,76-,77-,79+,80+,81+,82+,83+,84+,85?/m0/s1. The molecule has 3 aliphatic rings. The van der Waals surface area contributed by atoms with Gasteiger partial charge in [0, 0.05) is 155 Å². The van der Waals surface area contributed by atoms with Crippen LogP contribution in [0.3, 0.4) is 0 Å². The fourth-order valence-electron chi connectivity index (χ4n) is 13.9. The molecule has 6 amide bonds. The van der Waals surface area contributed by atoms with Crippen LogP contribution in [0, 0.1) is 29.1 Å². The number of halogens is 5. The lowest BCUT2D eigenvalue weighted by Crippen LogP contribution is -2.66. The Balaban J connectivity index is 1.45. The largest absolute Gasteiger partial charge is 0.463 e. The number of carbonyl (C=O) groups excluding carboxylic acids is 17. The Bertz CT molecular complexity index is 3650. The number of esters is 10. The average molecular weight is 1900 g/mol. The zero-order chi connectivity index (χ0) is 98.2. The third kappa shape index (κ3) is 43.6. The van der Waals surface area contributed by atoms with E-state index in [1.807, 2.05) is 0 Å². The number of nitrogens with one attached hydrogen (secondary N) is 6. The van der Waals surface area contributed by atoms with Crippen LogP contribution in [0.2, 0.25) is 0 Å². The van der Waals surface area contributed by atoms with Gasteiger partial charge in [0.05, 0.1) is 39.6 Å². The molecule has 15 atom stereocenters. The fraction of sp³-hybridized carbons (Fsp3) is 0.729. The van der Waals surface area contributed by atoms with Crippen LogP contribution in [-0.2, 0) is 167 Å². The molecule has 4 rings (SSSR count). The zero-order valence-electron chi connectivity index (χ0n) is 76.3. The van der Waals surface area contributed by atoms with Crippen molar-refractivity contribution < 1.29 is 193 Å². The number of ether oxygens (including phenoxy) is 19. The van der Waals surface area contributed by atoms with Crippen molar-refractivity contribution in [2.24, 2.45) is 0 Å². The van der Waals surface area contributed by atoms with Crippen molar-refractivity contribution in [3.8, 4) is 5.75 Å². The molecule has 3 saturated heterocycles. The van der Waals surface area contributed by atoms with Gasteiger partial charge in [0.15, 0.2) is 55.5 Å². The molecule has 0 aromatic heterocycles. The number of carbonyl (C=O) groups is 17. The van der Waals surface area contributed by atoms with E-state index in [-0.39, 0.29) is 84.2 Å². The first-order valence-corrected chi connectivity index (χ1v) is 43.4. The van der Waals surface area contributed by atoms with Crippen LogP contribution in [0.25, 0.3) is 0 Å². The van der Waals surface area contributed by atoms with Gasteiger partial charge in [-0.15, -0.1) is 0 Å². The van der Waals surface area contributed by atoms with Crippen LogP contribution in [0.1, 0.15) is 212 Å². The van der Waals surface area contributed by atoms with Gasteiger partial charge in [0.25, 0.3) is 0 Å². The Labute approximate surface area is 759 Å². The molecule has 47 heteroatoms. The highest BCUT2D eigenvalue weighted by Gasteiger charge is 2.55. The van der Waals surface area contributed by atoms with E-state index in [0.717, 1.165) is 62.3 Å². The number of rotatable bonds is 61. The predicted octanol–water partition coefficient (Wildman–Crippen LogP) is 3.81. The van der Waals surface area contributed by atoms with E-state index < -0.39 is 286 Å². The molecule has 746 valence electrons. The van der Waals surface area contributed by atoms with Crippen molar-refractivity contribution in [1.82, 2.24) is 31.9 Å². The monoisotopic (exact) mass is 1900 g/mol. The number of amides is 6. The summed E-state index contributed by atoms with van der Waals surface area (Å²) in [5.74, 6) is -26.0. The maximum absolute atomic E-state index is 14.5. The van der Waals surface area contributed by atoms with Crippen molar-refractivity contribution in [2.45, 2.75) is 309 Å². The van der Waals surface area contributed by atoms with Gasteiger partial charge in [-0.05, 0) is 44.9 Å². The Hall–Kier alpha value is -10.3. The van der Waals surface area contributed by atoms with Crippen LogP contribution in [-0.4, -0.2) is 291 Å². The Morgan fingerprint density at radius 2 is 0.614 bits per heavy atom. The summed E-state index contributed by atoms with van der Waals surface area (Å²) >= 11 is 0. The van der Waals surface area contributed by atoms with Gasteiger partial charge in [-0.3, -0.25) is 81.5 Å². The molecule has 0 spiro atoms. The van der Waals surface area contributed by atoms with Gasteiger partial charge in [0.2, 0.25) is 70.3 Å². The maximum Gasteiger partial charge on any atom is 0.311 e. The van der Waals surface area contributed by atoms with Crippen molar-refractivity contribution in [1.29, 1.82) is 0 Å². The van der Waals surface area contributed by atoms with Crippen LogP contribution in [0.5, 0.6) is 5.75 Å². The van der Waals surface area contributed by atoms with Crippen molar-refractivity contribution >= 4 is 101 Å². The molecule has 3 aliphatic heterocycles. The molecule has 6 N–H and O–H groups in total. The second kappa shape index (κ2) is 60.8. The first-order chi connectivity index (χ1) is 62.5. The van der Waals surface area contributed by atoms with Gasteiger partial charge in [-0.25, -0.2) is 13.2 Å². The number of unbranched alkanes of at least 4 members (excludes halogenated alkanes) is 10. The van der Waals surface area contributed by atoms with Crippen LogP contribution in [0.4, 0.5) is 22.0 Å². The number of ketones is 1. The SMILES string of the molecule is CC(=O)NC1[C@H](OCCCCCCCC(=O)CCOCC(COCCC(=O)NCCCCCCO[C@@H]2OC(COC(C)=O)[C@H](OC(C)=O)[C@H](OC(C)=O)C2NC(C)=O)(COCCC(=O)NCCCCCCO[C@@H]2OC(COC(C)=O)[C@H](OC(C)=O)[C@H](OC(C)=O)C2NC(C)=O)NC(=O)CCCC(=O)Oc2c(F)c(F)c(F)c(F)c2F)OC(COC(C)=O)[C@H](OC(C)=O)[C@@H]1OC(C)=O. The highest BCUT2D eigenvalue weighted by Crippen LogP contribution is 2.34. The summed E-state index contributed by atoms with van der Waals surface area (Å²) in [7, 11) is 0. The molecular weight excluding hydrogens is 1780 g/mol. The highest BCUT2D eigenvalue weighted by molar-refractivity contribution is 5.80. The summed E-state index contributed by atoms with van der Waals surface area (Å²) in [4.78, 5) is 213. The lowest BCUT2D eigenvalue weighted by molar-refractivity contribution is -0.277. The molecule has 6 unspecified atom stereocenters. The number of Topliss-reactive ketones (excluding diaryl/α,β-unsaturated/α-hetero) is 1. The van der Waals surface area contributed by atoms with Gasteiger partial charge in [0.1, 0.15) is 67.6 Å². The number of hydrogen-bond acceptors (Lipinski definition) is 36. The minimum absolute atomic E-state index is 0.0313. The highest BCUT2D eigenvalue weighted by atomic mass is 19.2. The zero-order valence-corrected chi connectivity index (χ0v) is 76.3. The molecule has 3 heterocycles. The summed E-state index contributed by atoms with van der Waals surface area (Å²) < 4.78 is 178. The first-order valence-electron chi connectivity index (χ1n) is 43.4. The molecule has 42 nitrogen and oxygen atoms in total. The molecule has 0 saturated carbocycles. The molecule has 1 aromatic rings. The van der Waals surface area contributed by atoms with Crippen molar-refractivity contribution in [3.05, 3.63) is 29.1 Å². The van der Waals surface area contributed by atoms with E-state index in [1.54, 1.807) is 0 Å². The maximum atomic E-state index is 14.5. The lowest BCUT2D eigenvalue weighted by Gasteiger charge is -2.44. The van der Waals surface area contributed by atoms with Crippen LogP contribution < -0.4 is 36.6 Å². The minimum Gasteiger partial charge on any atom is -0.463 e. The van der Waals surface area contributed by atoms with E-state index in [0.29, 0.717) is 83.5 Å². The first kappa shape index (κ1) is 114. The molecule has 0 radical (unpaired) electrons. The summed E-state index contributed by atoms with van der Waals surface area (Å²) in [6, 6.07) is -3.54. The molecule has 3 fully saturated rings. The van der Waals surface area contributed by atoms with Gasteiger partial charge < -0.3 is 122 Å². The average Bonchev–Trinajstić information content (AvgIpc) is 0.789.